The molecule has 4 rings (SSSR count). The summed E-state index contributed by atoms with van der Waals surface area (Å²) in [4.78, 5) is 47.1. The molecule has 0 radical (unpaired) electrons. The molecule has 2 aromatic carbocycles. The molecule has 0 spiro atoms. The molecule has 1 aromatic heterocycles. The summed E-state index contributed by atoms with van der Waals surface area (Å²) >= 11 is 3.61. The zero-order chi connectivity index (χ0) is 29.0. The molecule has 3 N–H and O–H groups in total. The Balaban J connectivity index is 1.47. The van der Waals surface area contributed by atoms with Crippen molar-refractivity contribution in [1.29, 1.82) is 0 Å². The lowest BCUT2D eigenvalue weighted by Gasteiger charge is -2.37. The van der Waals surface area contributed by atoms with Gasteiger partial charge in [0.2, 0.25) is 5.88 Å². The number of primary amides is 1. The number of nitrogens with zero attached hydrogens (tertiary/aromatic N) is 5. The third-order valence-electron chi connectivity index (χ3n) is 5.72. The SMILES string of the molecule is CC(C)(C)OC(=O)N1CCN(c2ccc(Nc3nc(Oc4cccc([N+](=O)[O-])c4)cnc3C(N)=O)cc2Br)CC1. The van der Waals surface area contributed by atoms with Gasteiger partial charge >= 0.3 is 6.09 Å². The summed E-state index contributed by atoms with van der Waals surface area (Å²) in [5.74, 6) is -0.553. The first-order valence-electron chi connectivity index (χ1n) is 12.3. The van der Waals surface area contributed by atoms with E-state index in [0.717, 1.165) is 10.2 Å². The zero-order valence-corrected chi connectivity index (χ0v) is 23.7. The van der Waals surface area contributed by atoms with E-state index in [1.54, 1.807) is 11.0 Å². The summed E-state index contributed by atoms with van der Waals surface area (Å²) in [7, 11) is 0. The van der Waals surface area contributed by atoms with Crippen molar-refractivity contribution < 1.29 is 24.0 Å². The predicted octanol–water partition coefficient (Wildman–Crippen LogP) is 4.84. The van der Waals surface area contributed by atoms with Gasteiger partial charge in [0, 0.05) is 42.4 Å². The van der Waals surface area contributed by atoms with Crippen molar-refractivity contribution in [1.82, 2.24) is 14.9 Å². The Morgan fingerprint density at radius 2 is 1.85 bits per heavy atom. The number of ether oxygens (including phenoxy) is 2. The lowest BCUT2D eigenvalue weighted by atomic mass is 10.2. The molecule has 13 nitrogen and oxygen atoms in total. The number of carbonyl (C=O) groups excluding carboxylic acids is 2. The minimum Gasteiger partial charge on any atom is -0.444 e. The predicted molar refractivity (Wildman–Crippen MR) is 151 cm³/mol. The minimum atomic E-state index is -0.796. The average Bonchev–Trinajstić information content (AvgIpc) is 2.88. The third-order valence-corrected chi connectivity index (χ3v) is 6.35. The van der Waals surface area contributed by atoms with Gasteiger partial charge in [-0.2, -0.15) is 4.98 Å². The Kier molecular flexibility index (Phi) is 8.38. The number of non-ortho nitro benzene ring substituents is 1. The van der Waals surface area contributed by atoms with E-state index in [1.165, 1.54) is 30.5 Å². The minimum absolute atomic E-state index is 0.00606. The Labute approximate surface area is 238 Å². The number of aromatic nitrogens is 2. The van der Waals surface area contributed by atoms with Crippen LogP contribution in [0.4, 0.5) is 27.7 Å². The number of nitro benzene ring substituents is 1. The normalized spacial score (nSPS) is 13.5. The highest BCUT2D eigenvalue weighted by Crippen LogP contribution is 2.32. The third kappa shape index (κ3) is 7.14. The summed E-state index contributed by atoms with van der Waals surface area (Å²) in [6, 6.07) is 11.1. The lowest BCUT2D eigenvalue weighted by Crippen LogP contribution is -2.50. The van der Waals surface area contributed by atoms with Crippen molar-refractivity contribution in [2.45, 2.75) is 26.4 Å². The van der Waals surface area contributed by atoms with Crippen LogP contribution in [-0.4, -0.2) is 63.6 Å². The van der Waals surface area contributed by atoms with Crippen molar-refractivity contribution in [3.05, 3.63) is 68.9 Å². The number of rotatable bonds is 7. The molecular formula is C26H28BrN7O6. The number of piperazine rings is 1. The van der Waals surface area contributed by atoms with E-state index < -0.39 is 16.4 Å². The number of carbonyl (C=O) groups is 2. The largest absolute Gasteiger partial charge is 0.444 e. The standard InChI is InChI=1S/C26H28BrN7O6/c1-26(2,3)40-25(36)33-11-9-32(10-12-33)20-8-7-16(13-19(20)27)30-24-22(23(28)35)29-15-21(31-24)39-18-6-4-5-17(14-18)34(37)38/h4-8,13-15H,9-12H2,1-3H3,(H2,28,35)(H,30,31). The molecule has 1 saturated heterocycles. The van der Waals surface area contributed by atoms with E-state index in [-0.39, 0.29) is 34.9 Å². The summed E-state index contributed by atoms with van der Waals surface area (Å²) in [5.41, 5.74) is 6.21. The molecule has 1 aliphatic rings. The van der Waals surface area contributed by atoms with Crippen molar-refractivity contribution in [2.24, 2.45) is 5.73 Å². The molecule has 0 atom stereocenters. The van der Waals surface area contributed by atoms with E-state index in [4.69, 9.17) is 15.2 Å². The fourth-order valence-corrected chi connectivity index (χ4v) is 4.53. The first-order chi connectivity index (χ1) is 18.9. The maximum Gasteiger partial charge on any atom is 0.410 e. The van der Waals surface area contributed by atoms with Crippen molar-refractivity contribution >= 4 is 50.8 Å². The number of nitrogens with two attached hydrogens (primary N) is 1. The second kappa shape index (κ2) is 11.7. The molecule has 3 aromatic rings. The molecule has 210 valence electrons. The number of hydrogen-bond acceptors (Lipinski definition) is 10. The monoisotopic (exact) mass is 613 g/mol. The molecule has 0 unspecified atom stereocenters. The Morgan fingerprint density at radius 3 is 2.48 bits per heavy atom. The summed E-state index contributed by atoms with van der Waals surface area (Å²) in [6.07, 6.45) is 0.883. The van der Waals surface area contributed by atoms with Crippen LogP contribution in [0.3, 0.4) is 0 Å². The second-order valence-corrected chi connectivity index (χ2v) is 10.7. The number of anilines is 3. The van der Waals surface area contributed by atoms with Crippen LogP contribution in [0.15, 0.2) is 53.1 Å². The number of nitrogens with one attached hydrogen (secondary N) is 1. The molecule has 0 saturated carbocycles. The number of halogens is 1. The van der Waals surface area contributed by atoms with E-state index in [0.29, 0.717) is 31.9 Å². The summed E-state index contributed by atoms with van der Waals surface area (Å²) in [6.45, 7) is 7.82. The number of hydrogen-bond donors (Lipinski definition) is 2. The van der Waals surface area contributed by atoms with E-state index in [2.05, 4.69) is 36.1 Å². The van der Waals surface area contributed by atoms with Crippen LogP contribution in [0.2, 0.25) is 0 Å². The maximum absolute atomic E-state index is 12.4. The van der Waals surface area contributed by atoms with Crippen LogP contribution in [0.5, 0.6) is 11.6 Å². The highest BCUT2D eigenvalue weighted by molar-refractivity contribution is 9.10. The van der Waals surface area contributed by atoms with E-state index in [1.807, 2.05) is 32.9 Å². The summed E-state index contributed by atoms with van der Waals surface area (Å²) in [5, 5.41) is 14.1. The molecule has 40 heavy (non-hydrogen) atoms. The fraction of sp³-hybridized carbons (Fsp3) is 0.308. The Morgan fingerprint density at radius 1 is 1.12 bits per heavy atom. The van der Waals surface area contributed by atoms with Crippen LogP contribution < -0.4 is 20.7 Å². The van der Waals surface area contributed by atoms with Gasteiger partial charge in [-0.1, -0.05) is 6.07 Å². The molecule has 0 bridgehead atoms. The van der Waals surface area contributed by atoms with Crippen molar-refractivity contribution in [2.75, 3.05) is 36.4 Å². The van der Waals surface area contributed by atoms with Gasteiger partial charge in [0.25, 0.3) is 11.6 Å². The van der Waals surface area contributed by atoms with Crippen LogP contribution in [-0.2, 0) is 4.74 Å². The molecule has 14 heteroatoms. The van der Waals surface area contributed by atoms with E-state index >= 15 is 0 Å². The summed E-state index contributed by atoms with van der Waals surface area (Å²) < 4.78 is 11.9. The zero-order valence-electron chi connectivity index (χ0n) is 22.1. The van der Waals surface area contributed by atoms with Gasteiger partial charge in [0.05, 0.1) is 22.9 Å². The van der Waals surface area contributed by atoms with Crippen molar-refractivity contribution in [3.8, 4) is 11.6 Å². The van der Waals surface area contributed by atoms with Gasteiger partial charge in [-0.15, -0.1) is 0 Å². The highest BCUT2D eigenvalue weighted by atomic mass is 79.9. The van der Waals surface area contributed by atoms with Crippen LogP contribution in [0.25, 0.3) is 0 Å². The van der Waals surface area contributed by atoms with Gasteiger partial charge in [-0.25, -0.2) is 9.78 Å². The van der Waals surface area contributed by atoms with Crippen LogP contribution >= 0.6 is 15.9 Å². The van der Waals surface area contributed by atoms with Gasteiger partial charge in [0.15, 0.2) is 11.5 Å². The molecule has 1 fully saturated rings. The molecule has 1 aliphatic heterocycles. The number of benzene rings is 2. The van der Waals surface area contributed by atoms with Gasteiger partial charge in [-0.3, -0.25) is 14.9 Å². The van der Waals surface area contributed by atoms with E-state index in [9.17, 15) is 19.7 Å². The maximum atomic E-state index is 12.4. The quantitative estimate of drug-likeness (QED) is 0.278. The Bertz CT molecular complexity index is 1440. The lowest BCUT2D eigenvalue weighted by molar-refractivity contribution is -0.384. The number of amides is 2. The average molecular weight is 614 g/mol. The van der Waals surface area contributed by atoms with Crippen molar-refractivity contribution in [3.63, 3.8) is 0 Å². The first-order valence-corrected chi connectivity index (χ1v) is 13.1. The fourth-order valence-electron chi connectivity index (χ4n) is 3.91. The molecule has 0 aliphatic carbocycles. The van der Waals surface area contributed by atoms with Crippen LogP contribution in [0, 0.1) is 10.1 Å². The van der Waals surface area contributed by atoms with Gasteiger partial charge < -0.3 is 30.3 Å². The molecular weight excluding hydrogens is 586 g/mol. The van der Waals surface area contributed by atoms with Gasteiger partial charge in [0.1, 0.15) is 11.4 Å². The topological polar surface area (TPSA) is 166 Å². The molecule has 2 heterocycles. The van der Waals surface area contributed by atoms with Gasteiger partial charge in [-0.05, 0) is 61.0 Å². The second-order valence-electron chi connectivity index (χ2n) is 9.87. The highest BCUT2D eigenvalue weighted by Gasteiger charge is 2.26. The number of nitro groups is 1. The Hall–Kier alpha value is -4.46. The molecule has 2 amide bonds. The first kappa shape index (κ1) is 28.5. The van der Waals surface area contributed by atoms with Crippen LogP contribution in [0.1, 0.15) is 31.3 Å². The smallest absolute Gasteiger partial charge is 0.410 e.